The van der Waals surface area contributed by atoms with Gasteiger partial charge in [0.15, 0.2) is 5.96 Å². The molecule has 0 aliphatic carbocycles. The highest BCUT2D eigenvalue weighted by Gasteiger charge is 2.29. The number of hydrogen-bond donors (Lipinski definition) is 2. The van der Waals surface area contributed by atoms with E-state index in [0.29, 0.717) is 19.5 Å². The van der Waals surface area contributed by atoms with E-state index in [2.05, 4.69) is 10.3 Å². The van der Waals surface area contributed by atoms with Crippen LogP contribution in [0.1, 0.15) is 18.4 Å². The summed E-state index contributed by atoms with van der Waals surface area (Å²) in [4.78, 5) is 17.6. The van der Waals surface area contributed by atoms with Gasteiger partial charge in [-0.15, -0.1) is 0 Å². The van der Waals surface area contributed by atoms with Gasteiger partial charge >= 0.3 is 0 Å². The molecule has 1 fully saturated rings. The van der Waals surface area contributed by atoms with E-state index in [9.17, 15) is 4.79 Å². The van der Waals surface area contributed by atoms with Crippen LogP contribution >= 0.6 is 0 Å². The Morgan fingerprint density at radius 2 is 2.09 bits per heavy atom. The van der Waals surface area contributed by atoms with Gasteiger partial charge in [-0.05, 0) is 18.4 Å². The minimum atomic E-state index is -0.448. The van der Waals surface area contributed by atoms with Gasteiger partial charge in [-0.1, -0.05) is 30.3 Å². The van der Waals surface area contributed by atoms with Crippen molar-refractivity contribution in [2.24, 2.45) is 10.7 Å². The molecule has 2 atom stereocenters. The molecule has 2 unspecified atom stereocenters. The second kappa shape index (κ2) is 7.79. The van der Waals surface area contributed by atoms with Gasteiger partial charge in [0.2, 0.25) is 5.91 Å². The maximum Gasteiger partial charge on any atom is 0.246 e. The van der Waals surface area contributed by atoms with Crippen LogP contribution in [0.3, 0.4) is 0 Å². The van der Waals surface area contributed by atoms with Crippen LogP contribution in [0, 0.1) is 0 Å². The summed E-state index contributed by atoms with van der Waals surface area (Å²) in [5.74, 6) is 0.419. The zero-order chi connectivity index (χ0) is 15.9. The molecule has 1 amide bonds. The number of nitrogens with two attached hydrogens (primary N) is 1. The molecule has 3 N–H and O–H groups in total. The molecule has 1 aromatic carbocycles. The second-order valence-electron chi connectivity index (χ2n) is 5.63. The van der Waals surface area contributed by atoms with Gasteiger partial charge < -0.3 is 20.7 Å². The van der Waals surface area contributed by atoms with Crippen LogP contribution in [0.5, 0.6) is 0 Å². The number of aliphatic imine (C=N–C) groups is 1. The van der Waals surface area contributed by atoms with E-state index in [1.165, 1.54) is 0 Å². The van der Waals surface area contributed by atoms with Gasteiger partial charge in [0.25, 0.3) is 0 Å². The number of benzene rings is 1. The van der Waals surface area contributed by atoms with Crippen molar-refractivity contribution in [1.29, 1.82) is 0 Å². The average Bonchev–Trinajstić information content (AvgIpc) is 2.97. The lowest BCUT2D eigenvalue weighted by atomic mass is 10.2. The minimum Gasteiger partial charge on any atom is -0.367 e. The van der Waals surface area contributed by atoms with Crippen molar-refractivity contribution in [2.45, 2.75) is 31.6 Å². The number of ether oxygens (including phenoxy) is 1. The summed E-state index contributed by atoms with van der Waals surface area (Å²) < 4.78 is 5.61. The largest absolute Gasteiger partial charge is 0.367 e. The van der Waals surface area contributed by atoms with E-state index in [1.54, 1.807) is 0 Å². The number of carbonyl (C=O) groups is 1. The van der Waals surface area contributed by atoms with Gasteiger partial charge in [0, 0.05) is 20.6 Å². The molecule has 22 heavy (non-hydrogen) atoms. The Bertz CT molecular complexity index is 516. The lowest BCUT2D eigenvalue weighted by Gasteiger charge is -2.20. The van der Waals surface area contributed by atoms with E-state index in [-0.39, 0.29) is 12.0 Å². The predicted octanol–water partition coefficient (Wildman–Crippen LogP) is 0.727. The molecule has 1 saturated heterocycles. The first-order valence-electron chi connectivity index (χ1n) is 7.50. The summed E-state index contributed by atoms with van der Waals surface area (Å²) >= 11 is 0. The maximum atomic E-state index is 11.1. The quantitative estimate of drug-likeness (QED) is 0.621. The normalized spacial score (nSPS) is 21.6. The lowest BCUT2D eigenvalue weighted by Crippen LogP contribution is -2.41. The summed E-state index contributed by atoms with van der Waals surface area (Å²) in [6.07, 6.45) is 1.08. The van der Waals surface area contributed by atoms with Crippen LogP contribution in [-0.4, -0.2) is 49.6 Å². The van der Waals surface area contributed by atoms with Crippen LogP contribution in [0.2, 0.25) is 0 Å². The van der Waals surface area contributed by atoms with E-state index in [1.807, 2.05) is 49.3 Å². The van der Waals surface area contributed by atoms with Crippen molar-refractivity contribution < 1.29 is 9.53 Å². The van der Waals surface area contributed by atoms with Crippen molar-refractivity contribution in [2.75, 3.05) is 20.6 Å². The standard InChI is InChI=1S/C16H24N4O2/c1-20(2)16(18-10-12-6-4-3-5-7-12)19-11-13-8-9-14(22-13)15(17)21/h3-7,13-14H,8-11H2,1-2H3,(H2,17,21)(H,18,19). The molecule has 0 bridgehead atoms. The van der Waals surface area contributed by atoms with Crippen LogP contribution in [0.4, 0.5) is 0 Å². The Morgan fingerprint density at radius 1 is 1.36 bits per heavy atom. The third-order valence-corrected chi connectivity index (χ3v) is 3.59. The Hall–Kier alpha value is -2.08. The Balaban J connectivity index is 1.86. The summed E-state index contributed by atoms with van der Waals surface area (Å²) in [7, 11) is 3.89. The summed E-state index contributed by atoms with van der Waals surface area (Å²) in [5, 5.41) is 3.29. The molecule has 0 spiro atoms. The fourth-order valence-electron chi connectivity index (χ4n) is 2.38. The summed E-state index contributed by atoms with van der Waals surface area (Å²) in [6.45, 7) is 1.24. The van der Waals surface area contributed by atoms with Crippen molar-refractivity contribution in [3.05, 3.63) is 35.9 Å². The van der Waals surface area contributed by atoms with Crippen molar-refractivity contribution in [3.8, 4) is 0 Å². The highest BCUT2D eigenvalue weighted by molar-refractivity contribution is 5.80. The van der Waals surface area contributed by atoms with E-state index in [4.69, 9.17) is 10.5 Å². The zero-order valence-electron chi connectivity index (χ0n) is 13.2. The molecule has 1 aromatic rings. The van der Waals surface area contributed by atoms with E-state index >= 15 is 0 Å². The van der Waals surface area contributed by atoms with Gasteiger partial charge in [-0.3, -0.25) is 4.79 Å². The van der Waals surface area contributed by atoms with Gasteiger partial charge in [0.05, 0.1) is 12.6 Å². The molecule has 2 rings (SSSR count). The van der Waals surface area contributed by atoms with Crippen LogP contribution in [0.15, 0.2) is 35.3 Å². The highest BCUT2D eigenvalue weighted by atomic mass is 16.5. The van der Waals surface area contributed by atoms with Crippen molar-refractivity contribution in [1.82, 2.24) is 10.2 Å². The molecule has 0 aromatic heterocycles. The molecular weight excluding hydrogens is 280 g/mol. The number of guanidine groups is 1. The molecule has 6 nitrogen and oxygen atoms in total. The summed E-state index contributed by atoms with van der Waals surface area (Å²) in [5.41, 5.74) is 6.42. The van der Waals surface area contributed by atoms with Crippen LogP contribution < -0.4 is 11.1 Å². The molecular formula is C16H24N4O2. The maximum absolute atomic E-state index is 11.1. The van der Waals surface area contributed by atoms with Crippen LogP contribution in [-0.2, 0) is 16.1 Å². The first-order chi connectivity index (χ1) is 10.6. The number of hydrogen-bond acceptors (Lipinski definition) is 3. The topological polar surface area (TPSA) is 80.0 Å². The zero-order valence-corrected chi connectivity index (χ0v) is 13.2. The number of amides is 1. The molecule has 1 aliphatic heterocycles. The Morgan fingerprint density at radius 3 is 2.68 bits per heavy atom. The number of primary amides is 1. The molecule has 1 heterocycles. The monoisotopic (exact) mass is 304 g/mol. The molecule has 0 saturated carbocycles. The molecule has 0 radical (unpaired) electrons. The molecule has 120 valence electrons. The Labute approximate surface area is 131 Å². The fraction of sp³-hybridized carbons (Fsp3) is 0.500. The lowest BCUT2D eigenvalue weighted by molar-refractivity contribution is -0.128. The predicted molar refractivity (Wildman–Crippen MR) is 86.4 cm³/mol. The highest BCUT2D eigenvalue weighted by Crippen LogP contribution is 2.18. The first-order valence-corrected chi connectivity index (χ1v) is 7.50. The van der Waals surface area contributed by atoms with Gasteiger partial charge in [0.1, 0.15) is 6.10 Å². The van der Waals surface area contributed by atoms with Crippen molar-refractivity contribution >= 4 is 11.9 Å². The average molecular weight is 304 g/mol. The Kier molecular flexibility index (Phi) is 5.77. The SMILES string of the molecule is CN(C)C(=NCc1ccccc1)NCC1CCC(C(N)=O)O1. The second-order valence-corrected chi connectivity index (χ2v) is 5.63. The smallest absolute Gasteiger partial charge is 0.246 e. The number of nitrogens with one attached hydrogen (secondary N) is 1. The van der Waals surface area contributed by atoms with E-state index < -0.39 is 6.10 Å². The number of rotatable bonds is 5. The van der Waals surface area contributed by atoms with Crippen LogP contribution in [0.25, 0.3) is 0 Å². The third-order valence-electron chi connectivity index (χ3n) is 3.59. The molecule has 1 aliphatic rings. The van der Waals surface area contributed by atoms with Gasteiger partial charge in [-0.25, -0.2) is 4.99 Å². The molecule has 6 heteroatoms. The minimum absolute atomic E-state index is 0.000578. The summed E-state index contributed by atoms with van der Waals surface area (Å²) in [6, 6.07) is 10.1. The van der Waals surface area contributed by atoms with E-state index in [0.717, 1.165) is 17.9 Å². The number of carbonyl (C=O) groups excluding carboxylic acids is 1. The third kappa shape index (κ3) is 4.73. The number of nitrogens with zero attached hydrogens (tertiary/aromatic N) is 2. The van der Waals surface area contributed by atoms with Crippen molar-refractivity contribution in [3.63, 3.8) is 0 Å². The fourth-order valence-corrected chi connectivity index (χ4v) is 2.38. The van der Waals surface area contributed by atoms with Gasteiger partial charge in [-0.2, -0.15) is 0 Å². The first kappa shape index (κ1) is 16.3.